The van der Waals surface area contributed by atoms with Crippen LogP contribution >= 0.6 is 0 Å². The first-order chi connectivity index (χ1) is 13.9. The van der Waals surface area contributed by atoms with Crippen molar-refractivity contribution < 1.29 is 9.53 Å². The Morgan fingerprint density at radius 3 is 2.79 bits per heavy atom. The number of aromatic nitrogens is 2. The van der Waals surface area contributed by atoms with Gasteiger partial charge in [-0.25, -0.2) is 9.97 Å². The predicted molar refractivity (Wildman–Crippen MR) is 113 cm³/mol. The van der Waals surface area contributed by atoms with Crippen LogP contribution in [0.2, 0.25) is 0 Å². The number of para-hydroxylation sites is 1. The fourth-order valence-electron chi connectivity index (χ4n) is 4.50. The third kappa shape index (κ3) is 4.36. The molecule has 1 amide bonds. The van der Waals surface area contributed by atoms with Crippen molar-refractivity contribution in [1.82, 2.24) is 15.3 Å². The topological polar surface area (TPSA) is 67.3 Å². The van der Waals surface area contributed by atoms with Gasteiger partial charge in [-0.15, -0.1) is 0 Å². The number of fused-ring (bicyclic) bond motifs is 1. The lowest BCUT2D eigenvalue weighted by Crippen LogP contribution is -2.38. The molecule has 1 aliphatic heterocycles. The van der Waals surface area contributed by atoms with Gasteiger partial charge in [0.1, 0.15) is 5.75 Å². The van der Waals surface area contributed by atoms with Crippen molar-refractivity contribution in [3.63, 3.8) is 0 Å². The highest BCUT2D eigenvalue weighted by Crippen LogP contribution is 2.40. The van der Waals surface area contributed by atoms with Gasteiger partial charge in [-0.3, -0.25) is 4.79 Å². The van der Waals surface area contributed by atoms with Crippen molar-refractivity contribution in [1.29, 1.82) is 0 Å². The number of methoxy groups -OCH3 is 1. The molecule has 2 aliphatic rings. The Morgan fingerprint density at radius 1 is 1.28 bits per heavy atom. The molecular formula is C23H30N4O2. The van der Waals surface area contributed by atoms with E-state index in [1.807, 2.05) is 30.5 Å². The number of hydrogen-bond acceptors (Lipinski definition) is 5. The van der Waals surface area contributed by atoms with Crippen molar-refractivity contribution >= 4 is 11.9 Å². The molecule has 2 aromatic rings. The molecule has 1 aromatic heterocycles. The number of rotatable bonds is 5. The van der Waals surface area contributed by atoms with Gasteiger partial charge in [-0.1, -0.05) is 32.0 Å². The molecule has 6 heteroatoms. The quantitative estimate of drug-likeness (QED) is 0.841. The summed E-state index contributed by atoms with van der Waals surface area (Å²) in [7, 11) is 1.63. The largest absolute Gasteiger partial charge is 0.496 e. The average Bonchev–Trinajstić information content (AvgIpc) is 3.22. The fraction of sp³-hybridized carbons (Fsp3) is 0.522. The number of carbonyl (C=O) groups is 1. The van der Waals surface area contributed by atoms with Crippen LogP contribution in [0.15, 0.2) is 30.5 Å². The van der Waals surface area contributed by atoms with Crippen LogP contribution in [0.1, 0.15) is 56.0 Å². The van der Waals surface area contributed by atoms with Crippen LogP contribution in [-0.4, -0.2) is 36.1 Å². The molecule has 4 rings (SSSR count). The van der Waals surface area contributed by atoms with Gasteiger partial charge in [0.2, 0.25) is 11.9 Å². The van der Waals surface area contributed by atoms with Gasteiger partial charge in [0.15, 0.2) is 0 Å². The second-order valence-electron chi connectivity index (χ2n) is 8.92. The lowest BCUT2D eigenvalue weighted by molar-refractivity contribution is -0.121. The fourth-order valence-corrected chi connectivity index (χ4v) is 4.50. The number of amides is 1. The van der Waals surface area contributed by atoms with Crippen molar-refractivity contribution in [2.45, 2.75) is 52.0 Å². The van der Waals surface area contributed by atoms with E-state index in [1.54, 1.807) is 7.11 Å². The molecule has 2 heterocycles. The summed E-state index contributed by atoms with van der Waals surface area (Å²) in [6.45, 7) is 6.54. The van der Waals surface area contributed by atoms with Crippen LogP contribution in [-0.2, 0) is 17.6 Å². The molecule has 0 spiro atoms. The Kier molecular flexibility index (Phi) is 5.43. The van der Waals surface area contributed by atoms with E-state index in [0.29, 0.717) is 6.42 Å². The van der Waals surface area contributed by atoms with Gasteiger partial charge >= 0.3 is 0 Å². The maximum absolute atomic E-state index is 12.8. The van der Waals surface area contributed by atoms with Crippen LogP contribution in [0.25, 0.3) is 0 Å². The molecule has 1 atom stereocenters. The van der Waals surface area contributed by atoms with E-state index in [2.05, 4.69) is 29.0 Å². The maximum Gasteiger partial charge on any atom is 0.225 e. The van der Waals surface area contributed by atoms with Crippen molar-refractivity contribution in [2.75, 3.05) is 25.1 Å². The monoisotopic (exact) mass is 394 g/mol. The van der Waals surface area contributed by atoms with Crippen LogP contribution in [0, 0.1) is 5.41 Å². The van der Waals surface area contributed by atoms with Gasteiger partial charge in [-0.2, -0.15) is 0 Å². The van der Waals surface area contributed by atoms with Crippen molar-refractivity contribution in [3.8, 4) is 5.75 Å². The molecular weight excluding hydrogens is 364 g/mol. The maximum atomic E-state index is 12.8. The number of ether oxygens (including phenoxy) is 1. The Labute approximate surface area is 172 Å². The third-order valence-electron chi connectivity index (χ3n) is 5.93. The summed E-state index contributed by atoms with van der Waals surface area (Å²) in [6.07, 6.45) is 6.41. The Balaban J connectivity index is 1.54. The number of nitrogens with one attached hydrogen (secondary N) is 1. The zero-order valence-corrected chi connectivity index (χ0v) is 17.6. The summed E-state index contributed by atoms with van der Waals surface area (Å²) in [5.41, 5.74) is 3.09. The van der Waals surface area contributed by atoms with Crippen molar-refractivity contribution in [3.05, 3.63) is 47.3 Å². The predicted octanol–water partition coefficient (Wildman–Crippen LogP) is 3.46. The van der Waals surface area contributed by atoms with Gasteiger partial charge in [0, 0.05) is 30.4 Å². The third-order valence-corrected chi connectivity index (χ3v) is 5.93. The van der Waals surface area contributed by atoms with Gasteiger partial charge in [0.25, 0.3) is 0 Å². The van der Waals surface area contributed by atoms with Crippen LogP contribution in [0.5, 0.6) is 5.75 Å². The minimum absolute atomic E-state index is 0.00762. The van der Waals surface area contributed by atoms with Gasteiger partial charge in [0.05, 0.1) is 25.3 Å². The van der Waals surface area contributed by atoms with E-state index in [0.717, 1.165) is 54.4 Å². The highest BCUT2D eigenvalue weighted by Gasteiger charge is 2.35. The number of benzene rings is 1. The first-order valence-corrected chi connectivity index (χ1v) is 10.5. The average molecular weight is 395 g/mol. The van der Waals surface area contributed by atoms with E-state index in [9.17, 15) is 4.79 Å². The minimum Gasteiger partial charge on any atom is -0.496 e. The summed E-state index contributed by atoms with van der Waals surface area (Å²) in [5.74, 6) is 1.57. The van der Waals surface area contributed by atoms with E-state index in [-0.39, 0.29) is 17.4 Å². The van der Waals surface area contributed by atoms with Gasteiger partial charge < -0.3 is 15.0 Å². The number of carbonyl (C=O) groups excluding carboxylic acids is 1. The van der Waals surface area contributed by atoms with Crippen molar-refractivity contribution in [2.24, 2.45) is 5.41 Å². The minimum atomic E-state index is -0.0661. The molecule has 1 N–H and O–H groups in total. The van der Waals surface area contributed by atoms with E-state index in [4.69, 9.17) is 9.72 Å². The Morgan fingerprint density at radius 2 is 2.03 bits per heavy atom. The zero-order valence-electron chi connectivity index (χ0n) is 17.6. The molecule has 29 heavy (non-hydrogen) atoms. The summed E-state index contributed by atoms with van der Waals surface area (Å²) < 4.78 is 5.38. The zero-order chi connectivity index (χ0) is 20.4. The number of nitrogens with zero attached hydrogens (tertiary/aromatic N) is 3. The summed E-state index contributed by atoms with van der Waals surface area (Å²) in [5, 5.41) is 3.23. The normalized spacial score (nSPS) is 20.2. The Hall–Kier alpha value is -2.63. The molecule has 0 radical (unpaired) electrons. The smallest absolute Gasteiger partial charge is 0.225 e. The highest BCUT2D eigenvalue weighted by atomic mass is 16.5. The summed E-state index contributed by atoms with van der Waals surface area (Å²) in [6, 6.07) is 7.59. The lowest BCUT2D eigenvalue weighted by Gasteiger charge is -2.36. The van der Waals surface area contributed by atoms with Crippen LogP contribution in [0.3, 0.4) is 0 Å². The molecule has 1 fully saturated rings. The first kappa shape index (κ1) is 19.7. The highest BCUT2D eigenvalue weighted by molar-refractivity contribution is 5.79. The van der Waals surface area contributed by atoms with E-state index in [1.165, 1.54) is 12.8 Å². The summed E-state index contributed by atoms with van der Waals surface area (Å²) in [4.78, 5) is 24.6. The second-order valence-corrected chi connectivity index (χ2v) is 8.92. The molecule has 0 saturated carbocycles. The standard InChI is InChI=1S/C23H30N4O2/c1-23(2)13-18(25-21(28)12-16-8-4-5-9-20(16)29-3)17-15-24-22(26-19(17)14-23)27-10-6-7-11-27/h4-5,8-9,15,18H,6-7,10-14H2,1-3H3,(H,25,28)/t18-/m0/s1. The van der Waals surface area contributed by atoms with Gasteiger partial charge in [-0.05, 0) is 37.2 Å². The molecule has 1 aromatic carbocycles. The second kappa shape index (κ2) is 8.01. The van der Waals surface area contributed by atoms with Crippen LogP contribution < -0.4 is 15.0 Å². The Bertz CT molecular complexity index is 890. The molecule has 0 unspecified atom stereocenters. The van der Waals surface area contributed by atoms with Crippen LogP contribution in [0.4, 0.5) is 5.95 Å². The molecule has 1 saturated heterocycles. The summed E-state index contributed by atoms with van der Waals surface area (Å²) >= 11 is 0. The molecule has 6 nitrogen and oxygen atoms in total. The SMILES string of the molecule is COc1ccccc1CC(=O)N[C@H]1CC(C)(C)Cc2nc(N3CCCC3)ncc21. The van der Waals surface area contributed by atoms with E-state index < -0.39 is 0 Å². The number of anilines is 1. The first-order valence-electron chi connectivity index (χ1n) is 10.5. The molecule has 1 aliphatic carbocycles. The molecule has 0 bridgehead atoms. The number of hydrogen-bond donors (Lipinski definition) is 1. The lowest BCUT2D eigenvalue weighted by atomic mass is 9.74. The molecule has 154 valence electrons. The van der Waals surface area contributed by atoms with E-state index >= 15 is 0 Å².